The molecule has 1 aromatic heterocycles. The summed E-state index contributed by atoms with van der Waals surface area (Å²) in [7, 11) is 0. The summed E-state index contributed by atoms with van der Waals surface area (Å²) in [5.41, 5.74) is 1.48. The highest BCUT2D eigenvalue weighted by Crippen LogP contribution is 2.32. The van der Waals surface area contributed by atoms with Crippen LogP contribution in [0.15, 0.2) is 12.3 Å². The van der Waals surface area contributed by atoms with Gasteiger partial charge in [-0.3, -0.25) is 4.68 Å². The highest BCUT2D eigenvalue weighted by molar-refractivity contribution is 5.11. The molecule has 3 nitrogen and oxygen atoms in total. The molecule has 1 atom stereocenters. The summed E-state index contributed by atoms with van der Waals surface area (Å²) >= 11 is 0. The van der Waals surface area contributed by atoms with Crippen molar-refractivity contribution in [3.63, 3.8) is 0 Å². The molecule has 1 N–H and O–H groups in total. The Balaban J connectivity index is 1.77. The molecule has 1 aliphatic carbocycles. The number of aromatic nitrogens is 2. The third kappa shape index (κ3) is 2.39. The summed E-state index contributed by atoms with van der Waals surface area (Å²) in [6.45, 7) is 2.33. The van der Waals surface area contributed by atoms with Gasteiger partial charge in [-0.2, -0.15) is 5.10 Å². The van der Waals surface area contributed by atoms with Crippen LogP contribution >= 0.6 is 0 Å². The highest BCUT2D eigenvalue weighted by Gasteiger charge is 2.23. The molecule has 0 bridgehead atoms. The number of hydrogen-bond donors (Lipinski definition) is 1. The molecule has 0 radical (unpaired) electrons. The minimum absolute atomic E-state index is 0.677. The van der Waals surface area contributed by atoms with E-state index in [2.05, 4.69) is 21.2 Å². The number of rotatable bonds is 2. The Bertz CT molecular complexity index is 314. The summed E-state index contributed by atoms with van der Waals surface area (Å²) in [5, 5.41) is 8.12. The number of piperidine rings is 1. The van der Waals surface area contributed by atoms with Crippen molar-refractivity contribution in [1.29, 1.82) is 0 Å². The van der Waals surface area contributed by atoms with Crippen LogP contribution < -0.4 is 5.32 Å². The van der Waals surface area contributed by atoms with Crippen LogP contribution in [-0.2, 0) is 0 Å². The molecule has 0 spiro atoms. The molecule has 1 saturated carbocycles. The Morgan fingerprint density at radius 2 is 2.00 bits per heavy atom. The van der Waals surface area contributed by atoms with Crippen LogP contribution in [0, 0.1) is 0 Å². The fraction of sp³-hybridized carbons (Fsp3) is 0.786. The van der Waals surface area contributed by atoms with Gasteiger partial charge in [0, 0.05) is 24.4 Å². The van der Waals surface area contributed by atoms with Crippen molar-refractivity contribution in [3.8, 4) is 0 Å². The maximum atomic E-state index is 4.60. The molecule has 2 heterocycles. The van der Waals surface area contributed by atoms with Crippen molar-refractivity contribution >= 4 is 0 Å². The van der Waals surface area contributed by atoms with Crippen molar-refractivity contribution in [2.45, 2.75) is 56.9 Å². The number of hydrogen-bond acceptors (Lipinski definition) is 2. The number of nitrogens with one attached hydrogen (secondary N) is 1. The molecule has 1 aliphatic heterocycles. The Morgan fingerprint density at radius 1 is 1.12 bits per heavy atom. The first-order valence-electron chi connectivity index (χ1n) is 7.19. The van der Waals surface area contributed by atoms with Gasteiger partial charge >= 0.3 is 0 Å². The predicted molar refractivity (Wildman–Crippen MR) is 69.2 cm³/mol. The zero-order valence-corrected chi connectivity index (χ0v) is 10.6. The van der Waals surface area contributed by atoms with Gasteiger partial charge in [0.05, 0.1) is 6.04 Å². The molecular formula is C14H23N3. The predicted octanol–water partition coefficient (Wildman–Crippen LogP) is 2.86. The third-order valence-corrected chi connectivity index (χ3v) is 4.34. The van der Waals surface area contributed by atoms with Crippen molar-refractivity contribution in [1.82, 2.24) is 15.1 Å². The zero-order chi connectivity index (χ0) is 11.5. The van der Waals surface area contributed by atoms with E-state index in [4.69, 9.17) is 0 Å². The van der Waals surface area contributed by atoms with Gasteiger partial charge in [-0.25, -0.2) is 0 Å². The van der Waals surface area contributed by atoms with Crippen LogP contribution in [0.25, 0.3) is 0 Å². The summed E-state index contributed by atoms with van der Waals surface area (Å²) < 4.78 is 2.34. The smallest absolute Gasteiger partial charge is 0.0522 e. The van der Waals surface area contributed by atoms with E-state index in [0.29, 0.717) is 12.0 Å². The maximum Gasteiger partial charge on any atom is 0.0522 e. The SMILES string of the molecule is c1cc([C@H]2CCCNC2)n(C2CCCCC2)n1. The van der Waals surface area contributed by atoms with Crippen molar-refractivity contribution < 1.29 is 0 Å². The maximum absolute atomic E-state index is 4.60. The molecule has 17 heavy (non-hydrogen) atoms. The third-order valence-electron chi connectivity index (χ3n) is 4.34. The molecule has 1 saturated heterocycles. The van der Waals surface area contributed by atoms with Crippen LogP contribution in [0.3, 0.4) is 0 Å². The van der Waals surface area contributed by atoms with Crippen LogP contribution in [-0.4, -0.2) is 22.9 Å². The average Bonchev–Trinajstić information content (AvgIpc) is 2.90. The van der Waals surface area contributed by atoms with E-state index in [1.807, 2.05) is 6.20 Å². The lowest BCUT2D eigenvalue weighted by Crippen LogP contribution is -2.30. The Hall–Kier alpha value is -0.830. The van der Waals surface area contributed by atoms with Gasteiger partial charge in [0.25, 0.3) is 0 Å². The highest BCUT2D eigenvalue weighted by atomic mass is 15.3. The quantitative estimate of drug-likeness (QED) is 0.851. The van der Waals surface area contributed by atoms with E-state index in [1.54, 1.807) is 0 Å². The van der Waals surface area contributed by atoms with Crippen molar-refractivity contribution in [2.24, 2.45) is 0 Å². The summed E-state index contributed by atoms with van der Waals surface area (Å²) in [6.07, 6.45) is 11.5. The minimum Gasteiger partial charge on any atom is -0.316 e. The molecular weight excluding hydrogens is 210 g/mol. The monoisotopic (exact) mass is 233 g/mol. The lowest BCUT2D eigenvalue weighted by molar-refractivity contribution is 0.310. The first kappa shape index (κ1) is 11.3. The van der Waals surface area contributed by atoms with E-state index >= 15 is 0 Å². The van der Waals surface area contributed by atoms with Crippen molar-refractivity contribution in [2.75, 3.05) is 13.1 Å². The second kappa shape index (κ2) is 5.21. The fourth-order valence-electron chi connectivity index (χ4n) is 3.38. The lowest BCUT2D eigenvalue weighted by Gasteiger charge is -2.28. The summed E-state index contributed by atoms with van der Waals surface area (Å²) in [4.78, 5) is 0. The van der Waals surface area contributed by atoms with Gasteiger partial charge in [-0.1, -0.05) is 19.3 Å². The van der Waals surface area contributed by atoms with Gasteiger partial charge in [0.15, 0.2) is 0 Å². The van der Waals surface area contributed by atoms with E-state index in [-0.39, 0.29) is 0 Å². The second-order valence-electron chi connectivity index (χ2n) is 5.54. The van der Waals surface area contributed by atoms with Gasteiger partial charge in [-0.15, -0.1) is 0 Å². The molecule has 2 fully saturated rings. The summed E-state index contributed by atoms with van der Waals surface area (Å²) in [6, 6.07) is 2.92. The fourth-order valence-corrected chi connectivity index (χ4v) is 3.38. The minimum atomic E-state index is 0.677. The summed E-state index contributed by atoms with van der Waals surface area (Å²) in [5.74, 6) is 0.688. The normalized spacial score (nSPS) is 27.2. The molecule has 3 rings (SSSR count). The van der Waals surface area contributed by atoms with Gasteiger partial charge in [0.1, 0.15) is 0 Å². The van der Waals surface area contributed by atoms with E-state index in [0.717, 1.165) is 6.54 Å². The second-order valence-corrected chi connectivity index (χ2v) is 5.54. The first-order valence-corrected chi connectivity index (χ1v) is 7.19. The van der Waals surface area contributed by atoms with E-state index in [9.17, 15) is 0 Å². The average molecular weight is 233 g/mol. The Morgan fingerprint density at radius 3 is 2.76 bits per heavy atom. The van der Waals surface area contributed by atoms with E-state index < -0.39 is 0 Å². The molecule has 1 aromatic rings. The standard InChI is InChI=1S/C14H23N3/c1-2-6-13(7-3-1)17-14(8-10-16-17)12-5-4-9-15-11-12/h8,10,12-13,15H,1-7,9,11H2/t12-/m0/s1. The zero-order valence-electron chi connectivity index (χ0n) is 10.6. The van der Waals surface area contributed by atoms with Gasteiger partial charge < -0.3 is 5.32 Å². The Labute approximate surface area is 104 Å². The van der Waals surface area contributed by atoms with E-state index in [1.165, 1.54) is 57.2 Å². The molecule has 0 aromatic carbocycles. The van der Waals surface area contributed by atoms with Crippen molar-refractivity contribution in [3.05, 3.63) is 18.0 Å². The topological polar surface area (TPSA) is 29.9 Å². The first-order chi connectivity index (χ1) is 8.45. The van der Waals surface area contributed by atoms with Gasteiger partial charge in [0.2, 0.25) is 0 Å². The van der Waals surface area contributed by atoms with Crippen LogP contribution in [0.1, 0.15) is 62.6 Å². The molecule has 3 heteroatoms. The lowest BCUT2D eigenvalue weighted by atomic mass is 9.92. The van der Waals surface area contributed by atoms with Crippen LogP contribution in [0.4, 0.5) is 0 Å². The van der Waals surface area contributed by atoms with Crippen LogP contribution in [0.2, 0.25) is 0 Å². The van der Waals surface area contributed by atoms with Gasteiger partial charge in [-0.05, 0) is 38.3 Å². The molecule has 0 unspecified atom stereocenters. The Kier molecular flexibility index (Phi) is 3.46. The number of nitrogens with zero attached hydrogens (tertiary/aromatic N) is 2. The molecule has 94 valence electrons. The molecule has 0 amide bonds. The molecule has 2 aliphatic rings. The van der Waals surface area contributed by atoms with Crippen LogP contribution in [0.5, 0.6) is 0 Å². The largest absolute Gasteiger partial charge is 0.316 e.